The molecule has 150 valence electrons. The Morgan fingerprint density at radius 2 is 1.66 bits per heavy atom. The predicted octanol–water partition coefficient (Wildman–Crippen LogP) is 3.77. The number of nitrogens with one attached hydrogen (secondary N) is 1. The largest absolute Gasteiger partial charge is 0.497 e. The molecule has 0 unspecified atom stereocenters. The highest BCUT2D eigenvalue weighted by molar-refractivity contribution is 7.92. The number of anilines is 1. The minimum atomic E-state index is -3.67. The third kappa shape index (κ3) is 5.14. The number of rotatable bonds is 7. The summed E-state index contributed by atoms with van der Waals surface area (Å²) < 4.78 is 32.5. The molecule has 0 aromatic heterocycles. The van der Waals surface area contributed by atoms with Crippen molar-refractivity contribution >= 4 is 21.6 Å². The normalized spacial score (nSPS) is 11.0. The summed E-state index contributed by atoms with van der Waals surface area (Å²) in [5, 5.41) is 0. The molecular formula is C22H22N2O4S. The zero-order valence-electron chi connectivity index (χ0n) is 16.2. The van der Waals surface area contributed by atoms with Crippen molar-refractivity contribution in [3.8, 4) is 5.75 Å². The molecule has 0 aliphatic rings. The molecule has 0 radical (unpaired) electrons. The molecule has 1 amide bonds. The molecule has 0 aliphatic heterocycles. The van der Waals surface area contributed by atoms with Crippen LogP contribution < -0.4 is 9.46 Å². The second-order valence-electron chi connectivity index (χ2n) is 6.51. The SMILES string of the molecule is COc1cccc(CN(C)C(=O)c2ccc(NS(=O)(=O)c3ccccc3)cc2)c1. The van der Waals surface area contributed by atoms with E-state index in [0.29, 0.717) is 17.8 Å². The van der Waals surface area contributed by atoms with Gasteiger partial charge in [-0.3, -0.25) is 9.52 Å². The van der Waals surface area contributed by atoms with Gasteiger partial charge in [0.05, 0.1) is 12.0 Å². The number of sulfonamides is 1. The lowest BCUT2D eigenvalue weighted by atomic mass is 10.1. The molecule has 0 saturated carbocycles. The molecule has 3 aromatic carbocycles. The summed E-state index contributed by atoms with van der Waals surface area (Å²) in [5.74, 6) is 0.573. The molecule has 3 aromatic rings. The Morgan fingerprint density at radius 1 is 0.966 bits per heavy atom. The van der Waals surface area contributed by atoms with E-state index < -0.39 is 10.0 Å². The van der Waals surface area contributed by atoms with Gasteiger partial charge in [0, 0.05) is 24.8 Å². The van der Waals surface area contributed by atoms with Crippen LogP contribution in [0.5, 0.6) is 5.75 Å². The Labute approximate surface area is 170 Å². The number of methoxy groups -OCH3 is 1. The van der Waals surface area contributed by atoms with Gasteiger partial charge in [-0.15, -0.1) is 0 Å². The first-order valence-corrected chi connectivity index (χ1v) is 10.4. The monoisotopic (exact) mass is 410 g/mol. The molecule has 0 spiro atoms. The van der Waals surface area contributed by atoms with Crippen molar-refractivity contribution in [1.82, 2.24) is 4.90 Å². The fraction of sp³-hybridized carbons (Fsp3) is 0.136. The lowest BCUT2D eigenvalue weighted by Crippen LogP contribution is -2.26. The van der Waals surface area contributed by atoms with Gasteiger partial charge < -0.3 is 9.64 Å². The van der Waals surface area contributed by atoms with Gasteiger partial charge in [0.1, 0.15) is 5.75 Å². The lowest BCUT2D eigenvalue weighted by Gasteiger charge is -2.18. The van der Waals surface area contributed by atoms with Crippen LogP contribution in [0.2, 0.25) is 0 Å². The Bertz CT molecular complexity index is 1080. The zero-order chi connectivity index (χ0) is 20.9. The van der Waals surface area contributed by atoms with Gasteiger partial charge in [0.25, 0.3) is 15.9 Å². The van der Waals surface area contributed by atoms with E-state index in [0.717, 1.165) is 11.3 Å². The van der Waals surface area contributed by atoms with E-state index in [9.17, 15) is 13.2 Å². The van der Waals surface area contributed by atoms with Crippen molar-refractivity contribution in [2.75, 3.05) is 18.9 Å². The third-order valence-electron chi connectivity index (χ3n) is 4.34. The number of hydrogen-bond acceptors (Lipinski definition) is 4. The van der Waals surface area contributed by atoms with E-state index in [4.69, 9.17) is 4.74 Å². The van der Waals surface area contributed by atoms with Crippen LogP contribution in [0.4, 0.5) is 5.69 Å². The fourth-order valence-corrected chi connectivity index (χ4v) is 3.91. The van der Waals surface area contributed by atoms with Crippen LogP contribution in [0, 0.1) is 0 Å². The summed E-state index contributed by atoms with van der Waals surface area (Å²) in [6.07, 6.45) is 0. The Kier molecular flexibility index (Phi) is 6.19. The summed E-state index contributed by atoms with van der Waals surface area (Å²) in [6.45, 7) is 0.429. The van der Waals surface area contributed by atoms with E-state index in [1.165, 1.54) is 12.1 Å². The topological polar surface area (TPSA) is 75.7 Å². The summed E-state index contributed by atoms with van der Waals surface area (Å²) >= 11 is 0. The van der Waals surface area contributed by atoms with Crippen LogP contribution in [0.25, 0.3) is 0 Å². The van der Waals surface area contributed by atoms with Gasteiger partial charge in [-0.1, -0.05) is 30.3 Å². The molecule has 0 bridgehead atoms. The van der Waals surface area contributed by atoms with E-state index in [-0.39, 0.29) is 10.8 Å². The second kappa shape index (κ2) is 8.79. The highest BCUT2D eigenvalue weighted by Crippen LogP contribution is 2.18. The number of benzene rings is 3. The molecule has 29 heavy (non-hydrogen) atoms. The minimum absolute atomic E-state index is 0.162. The number of carbonyl (C=O) groups is 1. The van der Waals surface area contributed by atoms with Gasteiger partial charge >= 0.3 is 0 Å². The second-order valence-corrected chi connectivity index (χ2v) is 8.19. The Hall–Kier alpha value is -3.32. The molecule has 7 heteroatoms. The average molecular weight is 410 g/mol. The van der Waals surface area contributed by atoms with Gasteiger partial charge in [0.15, 0.2) is 0 Å². The van der Waals surface area contributed by atoms with Gasteiger partial charge in [-0.25, -0.2) is 8.42 Å². The van der Waals surface area contributed by atoms with Gasteiger partial charge in [-0.2, -0.15) is 0 Å². The molecule has 6 nitrogen and oxygen atoms in total. The summed E-state index contributed by atoms with van der Waals surface area (Å²) in [6, 6.07) is 22.0. The molecular weight excluding hydrogens is 388 g/mol. The quantitative estimate of drug-likeness (QED) is 0.643. The first-order chi connectivity index (χ1) is 13.9. The van der Waals surface area contributed by atoms with Crippen molar-refractivity contribution < 1.29 is 17.9 Å². The van der Waals surface area contributed by atoms with E-state index >= 15 is 0 Å². The predicted molar refractivity (Wildman–Crippen MR) is 112 cm³/mol. The van der Waals surface area contributed by atoms with Crippen LogP contribution in [-0.4, -0.2) is 33.4 Å². The van der Waals surface area contributed by atoms with Crippen LogP contribution in [0.3, 0.4) is 0 Å². The Morgan fingerprint density at radius 3 is 2.31 bits per heavy atom. The number of ether oxygens (including phenoxy) is 1. The first-order valence-electron chi connectivity index (χ1n) is 8.95. The number of carbonyl (C=O) groups excluding carboxylic acids is 1. The standard InChI is InChI=1S/C22H22N2O4S/c1-24(16-17-7-6-8-20(15-17)28-2)22(25)18-11-13-19(14-12-18)23-29(26,27)21-9-4-3-5-10-21/h3-15,23H,16H2,1-2H3. The third-order valence-corrected chi connectivity index (χ3v) is 5.74. The van der Waals surface area contributed by atoms with Crippen LogP contribution >= 0.6 is 0 Å². The van der Waals surface area contributed by atoms with Gasteiger partial charge in [0.2, 0.25) is 0 Å². The smallest absolute Gasteiger partial charge is 0.261 e. The highest BCUT2D eigenvalue weighted by Gasteiger charge is 2.15. The first kappa shape index (κ1) is 20.4. The van der Waals surface area contributed by atoms with Crippen molar-refractivity contribution in [3.05, 3.63) is 90.0 Å². The van der Waals surface area contributed by atoms with Crippen LogP contribution in [0.1, 0.15) is 15.9 Å². The van der Waals surface area contributed by atoms with Crippen molar-refractivity contribution in [2.45, 2.75) is 11.4 Å². The molecule has 1 N–H and O–H groups in total. The molecule has 3 rings (SSSR count). The molecule has 0 atom stereocenters. The molecule has 0 saturated heterocycles. The maximum atomic E-state index is 12.7. The maximum absolute atomic E-state index is 12.7. The maximum Gasteiger partial charge on any atom is 0.261 e. The summed E-state index contributed by atoms with van der Waals surface area (Å²) in [5.41, 5.74) is 1.81. The molecule has 0 aliphatic carbocycles. The van der Waals surface area contributed by atoms with E-state index in [2.05, 4.69) is 4.72 Å². The fourth-order valence-electron chi connectivity index (χ4n) is 2.83. The van der Waals surface area contributed by atoms with Crippen molar-refractivity contribution in [2.24, 2.45) is 0 Å². The Balaban J connectivity index is 1.68. The van der Waals surface area contributed by atoms with Crippen LogP contribution in [0.15, 0.2) is 83.8 Å². The van der Waals surface area contributed by atoms with Crippen molar-refractivity contribution in [3.63, 3.8) is 0 Å². The van der Waals surface area contributed by atoms with Crippen LogP contribution in [-0.2, 0) is 16.6 Å². The summed E-state index contributed by atoms with van der Waals surface area (Å²) in [4.78, 5) is 14.5. The molecule has 0 heterocycles. The number of amides is 1. The molecule has 0 fully saturated rings. The zero-order valence-corrected chi connectivity index (χ0v) is 17.0. The van der Waals surface area contributed by atoms with Gasteiger partial charge in [-0.05, 0) is 54.1 Å². The number of hydrogen-bond donors (Lipinski definition) is 1. The number of nitrogens with zero attached hydrogens (tertiary/aromatic N) is 1. The highest BCUT2D eigenvalue weighted by atomic mass is 32.2. The van der Waals surface area contributed by atoms with E-state index in [1.807, 2.05) is 24.3 Å². The lowest BCUT2D eigenvalue weighted by molar-refractivity contribution is 0.0785. The van der Waals surface area contributed by atoms with Crippen molar-refractivity contribution in [1.29, 1.82) is 0 Å². The summed E-state index contributed by atoms with van der Waals surface area (Å²) in [7, 11) is -0.352. The average Bonchev–Trinajstić information content (AvgIpc) is 2.74. The minimum Gasteiger partial charge on any atom is -0.497 e. The van der Waals surface area contributed by atoms with E-state index in [1.54, 1.807) is 61.5 Å².